The van der Waals surface area contributed by atoms with E-state index < -0.39 is 0 Å². The van der Waals surface area contributed by atoms with Crippen LogP contribution in [0.5, 0.6) is 0 Å². The Morgan fingerprint density at radius 1 is 0.917 bits per heavy atom. The summed E-state index contributed by atoms with van der Waals surface area (Å²) in [7, 11) is 0. The van der Waals surface area contributed by atoms with Crippen LogP contribution in [0.25, 0.3) is 11.1 Å². The lowest BCUT2D eigenvalue weighted by molar-refractivity contribution is -0.121. The van der Waals surface area contributed by atoms with Crippen molar-refractivity contribution in [3.63, 3.8) is 0 Å². The monoisotopic (exact) mass is 475 g/mol. The molecule has 0 bridgehead atoms. The van der Waals surface area contributed by atoms with Gasteiger partial charge in [-0.3, -0.25) is 14.6 Å². The number of carbonyl (C=O) groups excluding carboxylic acids is 2. The molecular formula is C30H25N3O3. The Hall–Kier alpha value is -4.58. The molecule has 3 aromatic heterocycles. The van der Waals surface area contributed by atoms with Gasteiger partial charge in [-0.1, -0.05) is 54.1 Å². The minimum absolute atomic E-state index is 0.100. The van der Waals surface area contributed by atoms with Crippen LogP contribution in [0.2, 0.25) is 0 Å². The number of pyridine rings is 2. The number of rotatable bonds is 7. The lowest BCUT2D eigenvalue weighted by atomic mass is 9.93. The van der Waals surface area contributed by atoms with Crippen LogP contribution >= 0.6 is 0 Å². The average Bonchev–Trinajstić information content (AvgIpc) is 3.32. The predicted octanol–water partition coefficient (Wildman–Crippen LogP) is 5.52. The van der Waals surface area contributed by atoms with Gasteiger partial charge in [0.25, 0.3) is 0 Å². The lowest BCUT2D eigenvalue weighted by Gasteiger charge is -2.22. The highest BCUT2D eigenvalue weighted by molar-refractivity contribution is 6.08. The average molecular weight is 476 g/mol. The molecule has 2 aromatic carbocycles. The fraction of sp³-hybridized carbons (Fsp3) is 0.133. The van der Waals surface area contributed by atoms with Crippen LogP contribution in [0.3, 0.4) is 0 Å². The van der Waals surface area contributed by atoms with E-state index in [0.717, 1.165) is 16.7 Å². The van der Waals surface area contributed by atoms with Crippen LogP contribution in [0.15, 0.2) is 95.7 Å². The van der Waals surface area contributed by atoms with Crippen LogP contribution in [0, 0.1) is 13.8 Å². The first-order valence-electron chi connectivity index (χ1n) is 11.7. The maximum absolute atomic E-state index is 13.1. The van der Waals surface area contributed by atoms with Gasteiger partial charge in [-0.2, -0.15) is 0 Å². The molecule has 1 amide bonds. The topological polar surface area (TPSA) is 85.1 Å². The summed E-state index contributed by atoms with van der Waals surface area (Å²) < 4.78 is 5.71. The van der Waals surface area contributed by atoms with Gasteiger partial charge in [0, 0.05) is 24.0 Å². The van der Waals surface area contributed by atoms with E-state index in [4.69, 9.17) is 4.42 Å². The Labute approximate surface area is 209 Å². The third kappa shape index (κ3) is 4.93. The molecule has 0 aliphatic carbocycles. The number of aromatic nitrogens is 2. The molecule has 36 heavy (non-hydrogen) atoms. The van der Waals surface area contributed by atoms with Crippen molar-refractivity contribution in [2.75, 3.05) is 0 Å². The fourth-order valence-corrected chi connectivity index (χ4v) is 4.33. The van der Waals surface area contributed by atoms with Crippen LogP contribution in [0.4, 0.5) is 0 Å². The molecule has 1 N–H and O–H groups in total. The zero-order valence-electron chi connectivity index (χ0n) is 20.1. The van der Waals surface area contributed by atoms with E-state index in [1.54, 1.807) is 42.7 Å². The molecule has 3 heterocycles. The molecule has 5 aromatic rings. The number of benzene rings is 2. The van der Waals surface area contributed by atoms with Gasteiger partial charge >= 0.3 is 0 Å². The molecule has 0 radical (unpaired) electrons. The van der Waals surface area contributed by atoms with Gasteiger partial charge in [-0.25, -0.2) is 4.98 Å². The molecule has 6 heteroatoms. The first-order chi connectivity index (χ1) is 17.5. The summed E-state index contributed by atoms with van der Waals surface area (Å²) in [4.78, 5) is 34.4. The summed E-state index contributed by atoms with van der Waals surface area (Å²) in [6.07, 6.45) is 3.22. The van der Waals surface area contributed by atoms with Gasteiger partial charge in [0.1, 0.15) is 5.52 Å². The molecule has 178 valence electrons. The Bertz CT molecular complexity index is 1540. The van der Waals surface area contributed by atoms with Crippen molar-refractivity contribution in [2.45, 2.75) is 26.3 Å². The van der Waals surface area contributed by atoms with Crippen molar-refractivity contribution < 1.29 is 14.0 Å². The highest BCUT2D eigenvalue weighted by Gasteiger charge is 2.20. The zero-order valence-corrected chi connectivity index (χ0v) is 20.1. The number of ketones is 1. The number of nitrogens with one attached hydrogen (secondary N) is 1. The van der Waals surface area contributed by atoms with Gasteiger partial charge in [0.15, 0.2) is 11.3 Å². The molecule has 0 fully saturated rings. The molecule has 0 saturated heterocycles. The van der Waals surface area contributed by atoms with Gasteiger partial charge in [-0.05, 0) is 54.8 Å². The summed E-state index contributed by atoms with van der Waals surface area (Å²) in [5.74, 6) is -0.189. The number of furan rings is 1. The molecular weight excluding hydrogens is 450 g/mol. The maximum atomic E-state index is 13.1. The largest absolute Gasteiger partial charge is 0.451 e. The Kier molecular flexibility index (Phi) is 6.41. The van der Waals surface area contributed by atoms with Gasteiger partial charge < -0.3 is 9.73 Å². The molecule has 0 aliphatic heterocycles. The lowest BCUT2D eigenvalue weighted by Crippen LogP contribution is -2.31. The second-order valence-corrected chi connectivity index (χ2v) is 8.81. The quantitative estimate of drug-likeness (QED) is 0.313. The van der Waals surface area contributed by atoms with Crippen molar-refractivity contribution in [3.8, 4) is 0 Å². The normalized spacial score (nSPS) is 11.8. The van der Waals surface area contributed by atoms with E-state index in [-0.39, 0.29) is 29.9 Å². The Balaban J connectivity index is 1.37. The third-order valence-corrected chi connectivity index (χ3v) is 6.11. The summed E-state index contributed by atoms with van der Waals surface area (Å²) in [5, 5.41) is 3.19. The van der Waals surface area contributed by atoms with E-state index in [0.29, 0.717) is 22.4 Å². The molecule has 0 unspecified atom stereocenters. The second kappa shape index (κ2) is 9.96. The van der Waals surface area contributed by atoms with Crippen molar-refractivity contribution in [3.05, 3.63) is 131 Å². The predicted molar refractivity (Wildman–Crippen MR) is 138 cm³/mol. The highest BCUT2D eigenvalue weighted by Crippen LogP contribution is 2.26. The van der Waals surface area contributed by atoms with Gasteiger partial charge in [0.2, 0.25) is 11.7 Å². The number of aryl methyl sites for hydroxylation is 2. The molecule has 1 atom stereocenters. The Morgan fingerprint density at radius 2 is 1.69 bits per heavy atom. The molecule has 0 spiro atoms. The minimum Gasteiger partial charge on any atom is -0.451 e. The third-order valence-electron chi connectivity index (χ3n) is 6.11. The Morgan fingerprint density at radius 3 is 2.44 bits per heavy atom. The number of hydrogen-bond acceptors (Lipinski definition) is 5. The molecule has 0 saturated carbocycles. The van der Waals surface area contributed by atoms with Crippen LogP contribution in [0.1, 0.15) is 50.1 Å². The summed E-state index contributed by atoms with van der Waals surface area (Å²) in [5.41, 5.74) is 6.47. The number of nitrogens with zero attached hydrogens (tertiary/aromatic N) is 2. The van der Waals surface area contributed by atoms with E-state index in [1.807, 2.05) is 30.3 Å². The first-order valence-corrected chi connectivity index (χ1v) is 11.7. The summed E-state index contributed by atoms with van der Waals surface area (Å²) in [6, 6.07) is 24.3. The number of fused-ring (bicyclic) bond motifs is 1. The van der Waals surface area contributed by atoms with E-state index in [9.17, 15) is 9.59 Å². The molecule has 6 nitrogen and oxygen atoms in total. The van der Waals surface area contributed by atoms with E-state index in [2.05, 4.69) is 47.3 Å². The van der Waals surface area contributed by atoms with Crippen LogP contribution in [-0.2, 0) is 11.2 Å². The van der Waals surface area contributed by atoms with Gasteiger partial charge in [0.05, 0.1) is 18.2 Å². The number of carbonyl (C=O) groups is 2. The standard InChI is InChI=1S/C30H25N3O3/c1-19-8-10-24(20(2)16-19)29(21-6-4-3-5-7-21)33-28(34)17-23-9-11-26-25(32-23)18-27(36-26)30(35)22-12-14-31-15-13-22/h3-16,18,29H,17H2,1-2H3,(H,33,34)/t29-/m0/s1. The first kappa shape index (κ1) is 23.2. The van der Waals surface area contributed by atoms with Crippen molar-refractivity contribution >= 4 is 22.8 Å². The SMILES string of the molecule is Cc1ccc([C@@H](NC(=O)Cc2ccc3oc(C(=O)c4ccncc4)cc3n2)c2ccccc2)c(C)c1. The number of amides is 1. The number of hydrogen-bond donors (Lipinski definition) is 1. The highest BCUT2D eigenvalue weighted by atomic mass is 16.3. The van der Waals surface area contributed by atoms with Crippen molar-refractivity contribution in [1.82, 2.24) is 15.3 Å². The van der Waals surface area contributed by atoms with Crippen LogP contribution < -0.4 is 5.32 Å². The van der Waals surface area contributed by atoms with Gasteiger partial charge in [-0.15, -0.1) is 0 Å². The summed E-state index contributed by atoms with van der Waals surface area (Å²) >= 11 is 0. The van der Waals surface area contributed by atoms with E-state index >= 15 is 0 Å². The minimum atomic E-state index is -0.276. The van der Waals surface area contributed by atoms with Crippen LogP contribution in [-0.4, -0.2) is 21.7 Å². The molecule has 0 aliphatic rings. The second-order valence-electron chi connectivity index (χ2n) is 8.81. The summed E-state index contributed by atoms with van der Waals surface area (Å²) in [6.45, 7) is 4.12. The maximum Gasteiger partial charge on any atom is 0.228 e. The van der Waals surface area contributed by atoms with E-state index in [1.165, 1.54) is 5.56 Å². The zero-order chi connectivity index (χ0) is 25.1. The van der Waals surface area contributed by atoms with Crippen molar-refractivity contribution in [1.29, 1.82) is 0 Å². The smallest absolute Gasteiger partial charge is 0.228 e. The molecule has 5 rings (SSSR count). The fourth-order valence-electron chi connectivity index (χ4n) is 4.33. The van der Waals surface area contributed by atoms with Crippen molar-refractivity contribution in [2.24, 2.45) is 0 Å².